The van der Waals surface area contributed by atoms with Crippen molar-refractivity contribution in [2.75, 3.05) is 24.6 Å². The van der Waals surface area contributed by atoms with E-state index in [1.54, 1.807) is 11.3 Å². The van der Waals surface area contributed by atoms with Gasteiger partial charge < -0.3 is 15.0 Å². The zero-order valence-electron chi connectivity index (χ0n) is 19.8. The van der Waals surface area contributed by atoms with Gasteiger partial charge in [-0.1, -0.05) is 42.5 Å². The number of halogens is 1. The van der Waals surface area contributed by atoms with Crippen molar-refractivity contribution in [1.82, 2.24) is 10.3 Å². The maximum Gasteiger partial charge on any atom is 0.223 e. The van der Waals surface area contributed by atoms with E-state index in [9.17, 15) is 4.79 Å². The second-order valence-corrected chi connectivity index (χ2v) is 9.50. The molecule has 0 radical (unpaired) electrons. The molecule has 3 heterocycles. The quantitative estimate of drug-likeness (QED) is 0.318. The zero-order chi connectivity index (χ0) is 23.3. The summed E-state index contributed by atoms with van der Waals surface area (Å²) in [6.07, 6.45) is 1.70. The number of aromatic nitrogens is 1. The predicted octanol–water partition coefficient (Wildman–Crippen LogP) is 6.32. The topological polar surface area (TPSA) is 54.5 Å². The highest BCUT2D eigenvalue weighted by molar-refractivity contribution is 7.17. The number of amides is 1. The standard InChI is InChI=1S/C28H29N3O2S.ClH/c1-2-33-23-10-8-20(9-11-23)19-29-28(32)22-12-15-31(16-13-22)26-18-25(21-6-4-3-5-7-21)30-24-14-17-34-27(24)26;/h3-11,14,17-18,22H,2,12-13,15-16,19H2,1H3,(H,29,32);1H. The van der Waals surface area contributed by atoms with Crippen LogP contribution in [-0.2, 0) is 11.3 Å². The Morgan fingerprint density at radius 3 is 2.54 bits per heavy atom. The number of hydrogen-bond acceptors (Lipinski definition) is 5. The van der Waals surface area contributed by atoms with E-state index in [0.29, 0.717) is 13.2 Å². The number of nitrogens with one attached hydrogen (secondary N) is 1. The van der Waals surface area contributed by atoms with Gasteiger partial charge in [0, 0.05) is 31.1 Å². The van der Waals surface area contributed by atoms with Gasteiger partial charge in [-0.25, -0.2) is 4.98 Å². The molecule has 1 N–H and O–H groups in total. The van der Waals surface area contributed by atoms with Crippen LogP contribution in [-0.4, -0.2) is 30.6 Å². The highest BCUT2D eigenvalue weighted by Gasteiger charge is 2.26. The molecule has 182 valence electrons. The van der Waals surface area contributed by atoms with E-state index in [1.165, 1.54) is 10.4 Å². The molecule has 0 atom stereocenters. The second kappa shape index (κ2) is 11.6. The number of fused-ring (bicyclic) bond motifs is 1. The fourth-order valence-electron chi connectivity index (χ4n) is 4.52. The minimum Gasteiger partial charge on any atom is -0.494 e. The van der Waals surface area contributed by atoms with Crippen LogP contribution in [0.2, 0.25) is 0 Å². The average Bonchev–Trinajstić information content (AvgIpc) is 3.37. The van der Waals surface area contributed by atoms with Crippen molar-refractivity contribution in [3.63, 3.8) is 0 Å². The number of benzene rings is 2. The number of rotatable bonds is 7. The molecule has 5 rings (SSSR count). The van der Waals surface area contributed by atoms with Crippen molar-refractivity contribution in [1.29, 1.82) is 0 Å². The third-order valence-electron chi connectivity index (χ3n) is 6.37. The van der Waals surface area contributed by atoms with Gasteiger partial charge in [-0.3, -0.25) is 4.79 Å². The van der Waals surface area contributed by atoms with Crippen LogP contribution < -0.4 is 15.0 Å². The normalized spacial score (nSPS) is 13.9. The Balaban J connectivity index is 0.00000289. The zero-order valence-corrected chi connectivity index (χ0v) is 21.4. The summed E-state index contributed by atoms with van der Waals surface area (Å²) in [6.45, 7) is 4.91. The number of carbonyl (C=O) groups is 1. The summed E-state index contributed by atoms with van der Waals surface area (Å²) in [5, 5.41) is 5.23. The fourth-order valence-corrected chi connectivity index (χ4v) is 5.39. The number of nitrogens with zero attached hydrogens (tertiary/aromatic N) is 2. The smallest absolute Gasteiger partial charge is 0.223 e. The first kappa shape index (κ1) is 25.0. The Morgan fingerprint density at radius 2 is 1.83 bits per heavy atom. The lowest BCUT2D eigenvalue weighted by Crippen LogP contribution is -2.40. The summed E-state index contributed by atoms with van der Waals surface area (Å²) in [5.74, 6) is 1.05. The third kappa shape index (κ3) is 5.77. The summed E-state index contributed by atoms with van der Waals surface area (Å²) >= 11 is 1.74. The number of thiophene rings is 1. The van der Waals surface area contributed by atoms with Crippen LogP contribution in [0.5, 0.6) is 5.75 Å². The number of piperidine rings is 1. The van der Waals surface area contributed by atoms with E-state index in [1.807, 2.05) is 49.4 Å². The minimum atomic E-state index is 0. The molecular formula is C28H30ClN3O2S. The van der Waals surface area contributed by atoms with E-state index < -0.39 is 0 Å². The van der Waals surface area contributed by atoms with Gasteiger partial charge in [-0.05, 0) is 55.0 Å². The highest BCUT2D eigenvalue weighted by atomic mass is 35.5. The monoisotopic (exact) mass is 507 g/mol. The molecule has 35 heavy (non-hydrogen) atoms. The van der Waals surface area contributed by atoms with Gasteiger partial charge in [0.2, 0.25) is 5.91 Å². The first-order chi connectivity index (χ1) is 16.7. The van der Waals surface area contributed by atoms with Crippen LogP contribution in [0.1, 0.15) is 25.3 Å². The Labute approximate surface area is 216 Å². The molecule has 4 aromatic rings. The number of ether oxygens (including phenoxy) is 1. The molecule has 0 saturated carbocycles. The van der Waals surface area contributed by atoms with Crippen LogP contribution in [0.25, 0.3) is 21.5 Å². The molecule has 1 fully saturated rings. The Morgan fingerprint density at radius 1 is 1.09 bits per heavy atom. The molecule has 1 saturated heterocycles. The van der Waals surface area contributed by atoms with E-state index in [0.717, 1.165) is 54.0 Å². The molecule has 5 nitrogen and oxygen atoms in total. The highest BCUT2D eigenvalue weighted by Crippen LogP contribution is 2.36. The van der Waals surface area contributed by atoms with Crippen LogP contribution >= 0.6 is 23.7 Å². The number of carbonyl (C=O) groups excluding carboxylic acids is 1. The van der Waals surface area contributed by atoms with E-state index >= 15 is 0 Å². The number of pyridine rings is 1. The second-order valence-electron chi connectivity index (χ2n) is 8.58. The molecule has 0 bridgehead atoms. The van der Waals surface area contributed by atoms with Crippen LogP contribution in [0.4, 0.5) is 5.69 Å². The summed E-state index contributed by atoms with van der Waals surface area (Å²) in [4.78, 5) is 20.1. The first-order valence-electron chi connectivity index (χ1n) is 11.9. The summed E-state index contributed by atoms with van der Waals surface area (Å²) in [5.41, 5.74) is 5.47. The maximum absolute atomic E-state index is 12.8. The molecule has 1 amide bonds. The van der Waals surface area contributed by atoms with Crippen LogP contribution in [0, 0.1) is 5.92 Å². The van der Waals surface area contributed by atoms with Gasteiger partial charge in [-0.15, -0.1) is 23.7 Å². The van der Waals surface area contributed by atoms with Crippen molar-refractivity contribution in [2.24, 2.45) is 5.92 Å². The van der Waals surface area contributed by atoms with Gasteiger partial charge in [0.15, 0.2) is 0 Å². The van der Waals surface area contributed by atoms with Gasteiger partial charge in [0.1, 0.15) is 5.75 Å². The Hall–Kier alpha value is -3.09. The number of hydrogen-bond donors (Lipinski definition) is 1. The third-order valence-corrected chi connectivity index (χ3v) is 7.29. The SMILES string of the molecule is CCOc1ccc(CNC(=O)C2CCN(c3cc(-c4ccccc4)nc4ccsc34)CC2)cc1.Cl. The number of anilines is 1. The van der Waals surface area contributed by atoms with Crippen molar-refractivity contribution >= 4 is 45.6 Å². The molecule has 1 aliphatic rings. The Kier molecular flexibility index (Phi) is 8.26. The average molecular weight is 508 g/mol. The lowest BCUT2D eigenvalue weighted by Gasteiger charge is -2.33. The van der Waals surface area contributed by atoms with Crippen molar-refractivity contribution < 1.29 is 9.53 Å². The van der Waals surface area contributed by atoms with Crippen molar-refractivity contribution in [3.05, 3.63) is 77.7 Å². The minimum absolute atomic E-state index is 0. The van der Waals surface area contributed by atoms with Gasteiger partial charge >= 0.3 is 0 Å². The molecule has 0 spiro atoms. The molecule has 0 aliphatic carbocycles. The maximum atomic E-state index is 12.8. The van der Waals surface area contributed by atoms with Crippen molar-refractivity contribution in [3.8, 4) is 17.0 Å². The fraction of sp³-hybridized carbons (Fsp3) is 0.286. The van der Waals surface area contributed by atoms with Gasteiger partial charge in [0.25, 0.3) is 0 Å². The van der Waals surface area contributed by atoms with E-state index in [2.05, 4.69) is 39.9 Å². The molecule has 2 aromatic heterocycles. The first-order valence-corrected chi connectivity index (χ1v) is 12.8. The predicted molar refractivity (Wildman–Crippen MR) is 147 cm³/mol. The summed E-state index contributed by atoms with van der Waals surface area (Å²) in [7, 11) is 0. The lowest BCUT2D eigenvalue weighted by molar-refractivity contribution is -0.125. The van der Waals surface area contributed by atoms with E-state index in [4.69, 9.17) is 9.72 Å². The molecule has 1 aliphatic heterocycles. The van der Waals surface area contributed by atoms with E-state index in [-0.39, 0.29) is 24.2 Å². The molecular weight excluding hydrogens is 478 g/mol. The Bertz CT molecular complexity index is 1250. The largest absolute Gasteiger partial charge is 0.494 e. The van der Waals surface area contributed by atoms with Gasteiger partial charge in [-0.2, -0.15) is 0 Å². The van der Waals surface area contributed by atoms with Crippen LogP contribution in [0.3, 0.4) is 0 Å². The molecule has 7 heteroatoms. The molecule has 0 unspecified atom stereocenters. The summed E-state index contributed by atoms with van der Waals surface area (Å²) < 4.78 is 6.71. The summed E-state index contributed by atoms with van der Waals surface area (Å²) in [6, 6.07) is 22.5. The van der Waals surface area contributed by atoms with Crippen LogP contribution in [0.15, 0.2) is 72.1 Å². The van der Waals surface area contributed by atoms with Crippen molar-refractivity contribution in [2.45, 2.75) is 26.3 Å². The lowest BCUT2D eigenvalue weighted by atomic mass is 9.95. The van der Waals surface area contributed by atoms with Gasteiger partial charge in [0.05, 0.1) is 28.2 Å². The molecule has 2 aromatic carbocycles.